The van der Waals surface area contributed by atoms with E-state index in [0.29, 0.717) is 12.0 Å². The predicted molar refractivity (Wildman–Crippen MR) is 48.9 cm³/mol. The van der Waals surface area contributed by atoms with Crippen molar-refractivity contribution in [3.8, 4) is 5.75 Å². The minimum Gasteiger partial charge on any atom is -0.404 e. The molecule has 7 heteroatoms. The Labute approximate surface area is 89.2 Å². The Bertz CT molecular complexity index is 404. The minimum atomic E-state index is -4.83. The lowest BCUT2D eigenvalue weighted by Gasteiger charge is -2.14. The molecule has 0 amide bonds. The van der Waals surface area contributed by atoms with Gasteiger partial charge in [0.25, 0.3) is 0 Å². The number of halogens is 3. The number of carbonyl (C=O) groups is 1. The van der Waals surface area contributed by atoms with Crippen molar-refractivity contribution in [1.82, 2.24) is 4.98 Å². The van der Waals surface area contributed by atoms with Crippen LogP contribution in [0.25, 0.3) is 0 Å². The smallest absolute Gasteiger partial charge is 0.404 e. The molecule has 4 nitrogen and oxygen atoms in total. The lowest BCUT2D eigenvalue weighted by molar-refractivity contribution is -0.275. The molecular weight excluding hydrogens is 225 g/mol. The fourth-order valence-corrected chi connectivity index (χ4v) is 1.23. The van der Waals surface area contributed by atoms with Gasteiger partial charge in [-0.1, -0.05) is 0 Å². The van der Waals surface area contributed by atoms with Crippen molar-refractivity contribution in [3.63, 3.8) is 0 Å². The van der Waals surface area contributed by atoms with E-state index in [1.165, 1.54) is 6.92 Å². The fraction of sp³-hybridized carbons (Fsp3) is 0.333. The highest BCUT2D eigenvalue weighted by molar-refractivity contribution is 5.80. The standard InChI is InChI=1S/C9H9F3N2O2/c1-5-7(4-15)6(2-13)8(3-14-5)16-9(10,11)12/h3-4H,2,13H2,1H3. The Hall–Kier alpha value is -1.63. The molecule has 0 aromatic carbocycles. The SMILES string of the molecule is Cc1ncc(OC(F)(F)F)c(CN)c1C=O. The summed E-state index contributed by atoms with van der Waals surface area (Å²) in [4.78, 5) is 14.3. The first-order valence-electron chi connectivity index (χ1n) is 4.28. The van der Waals surface area contributed by atoms with Crippen LogP contribution in [0.2, 0.25) is 0 Å². The van der Waals surface area contributed by atoms with E-state index in [4.69, 9.17) is 5.73 Å². The third-order valence-corrected chi connectivity index (χ3v) is 1.94. The van der Waals surface area contributed by atoms with Gasteiger partial charge in [0.1, 0.15) is 0 Å². The number of nitrogens with two attached hydrogens (primary N) is 1. The van der Waals surface area contributed by atoms with E-state index in [1.54, 1.807) is 0 Å². The van der Waals surface area contributed by atoms with Crippen LogP contribution in [0, 0.1) is 6.92 Å². The van der Waals surface area contributed by atoms with E-state index in [0.717, 1.165) is 6.20 Å². The Morgan fingerprint density at radius 1 is 1.56 bits per heavy atom. The summed E-state index contributed by atoms with van der Waals surface area (Å²) in [7, 11) is 0. The molecule has 0 radical (unpaired) electrons. The van der Waals surface area contributed by atoms with Crippen molar-refractivity contribution in [1.29, 1.82) is 0 Å². The predicted octanol–water partition coefficient (Wildman–Crippen LogP) is 1.56. The van der Waals surface area contributed by atoms with Gasteiger partial charge in [0.2, 0.25) is 0 Å². The average Bonchev–Trinajstić information content (AvgIpc) is 2.18. The van der Waals surface area contributed by atoms with Crippen molar-refractivity contribution < 1.29 is 22.7 Å². The van der Waals surface area contributed by atoms with Crippen molar-refractivity contribution in [3.05, 3.63) is 23.0 Å². The first-order chi connectivity index (χ1) is 7.39. The highest BCUT2D eigenvalue weighted by Crippen LogP contribution is 2.28. The van der Waals surface area contributed by atoms with Gasteiger partial charge in [-0.15, -0.1) is 13.2 Å². The summed E-state index contributed by atoms with van der Waals surface area (Å²) in [5.41, 5.74) is 5.62. The molecule has 0 unspecified atom stereocenters. The Morgan fingerprint density at radius 3 is 2.62 bits per heavy atom. The van der Waals surface area contributed by atoms with E-state index >= 15 is 0 Å². The molecule has 0 aliphatic rings. The number of aryl methyl sites for hydroxylation is 1. The minimum absolute atomic E-state index is 0.000162. The summed E-state index contributed by atoms with van der Waals surface area (Å²) in [5.74, 6) is -0.539. The van der Waals surface area contributed by atoms with Gasteiger partial charge in [0, 0.05) is 23.4 Å². The van der Waals surface area contributed by atoms with Gasteiger partial charge in [0.05, 0.1) is 6.20 Å². The number of carbonyl (C=O) groups excluding carboxylic acids is 1. The van der Waals surface area contributed by atoms with Crippen molar-refractivity contribution in [2.24, 2.45) is 5.73 Å². The molecule has 16 heavy (non-hydrogen) atoms. The van der Waals surface area contributed by atoms with E-state index in [2.05, 4.69) is 9.72 Å². The molecule has 1 aromatic heterocycles. The van der Waals surface area contributed by atoms with E-state index < -0.39 is 12.1 Å². The molecule has 0 saturated carbocycles. The van der Waals surface area contributed by atoms with Crippen LogP contribution >= 0.6 is 0 Å². The molecule has 1 heterocycles. The number of aldehydes is 1. The molecule has 0 aliphatic heterocycles. The number of ether oxygens (including phenoxy) is 1. The lowest BCUT2D eigenvalue weighted by Crippen LogP contribution is -2.20. The van der Waals surface area contributed by atoms with Gasteiger partial charge in [0.15, 0.2) is 12.0 Å². The van der Waals surface area contributed by atoms with Crippen molar-refractivity contribution >= 4 is 6.29 Å². The van der Waals surface area contributed by atoms with Gasteiger partial charge >= 0.3 is 6.36 Å². The molecule has 0 fully saturated rings. The second-order valence-electron chi connectivity index (χ2n) is 2.97. The average molecular weight is 234 g/mol. The number of hydrogen-bond acceptors (Lipinski definition) is 4. The number of aromatic nitrogens is 1. The van der Waals surface area contributed by atoms with E-state index in [-0.39, 0.29) is 17.7 Å². The molecule has 88 valence electrons. The summed E-state index contributed by atoms with van der Waals surface area (Å²) in [6.07, 6.45) is -3.52. The van der Waals surface area contributed by atoms with Crippen molar-refractivity contribution in [2.75, 3.05) is 0 Å². The molecule has 2 N–H and O–H groups in total. The summed E-state index contributed by atoms with van der Waals surface area (Å²) >= 11 is 0. The maximum atomic E-state index is 12.0. The van der Waals surface area contributed by atoms with E-state index in [9.17, 15) is 18.0 Å². The normalized spacial score (nSPS) is 11.3. The number of pyridine rings is 1. The number of nitrogens with zero attached hydrogens (tertiary/aromatic N) is 1. The van der Waals surface area contributed by atoms with Crippen LogP contribution in [0.15, 0.2) is 6.20 Å². The monoisotopic (exact) mass is 234 g/mol. The van der Waals surface area contributed by atoms with Gasteiger partial charge < -0.3 is 10.5 Å². The zero-order valence-electron chi connectivity index (χ0n) is 8.34. The van der Waals surface area contributed by atoms with Gasteiger partial charge in [-0.05, 0) is 6.92 Å². The maximum Gasteiger partial charge on any atom is 0.573 e. The highest BCUT2D eigenvalue weighted by atomic mass is 19.4. The van der Waals surface area contributed by atoms with Crippen LogP contribution in [0.1, 0.15) is 21.6 Å². The first-order valence-corrected chi connectivity index (χ1v) is 4.28. The van der Waals surface area contributed by atoms with Crippen LogP contribution in [0.5, 0.6) is 5.75 Å². The lowest BCUT2D eigenvalue weighted by atomic mass is 10.1. The zero-order valence-corrected chi connectivity index (χ0v) is 8.34. The molecule has 1 rings (SSSR count). The van der Waals surface area contributed by atoms with Crippen LogP contribution in [0.3, 0.4) is 0 Å². The Morgan fingerprint density at radius 2 is 2.19 bits per heavy atom. The Kier molecular flexibility index (Phi) is 3.48. The molecule has 0 bridgehead atoms. The van der Waals surface area contributed by atoms with Crippen LogP contribution in [-0.2, 0) is 6.54 Å². The summed E-state index contributed by atoms with van der Waals surface area (Å²) in [6, 6.07) is 0. The van der Waals surface area contributed by atoms with Crippen LogP contribution in [-0.4, -0.2) is 17.6 Å². The highest BCUT2D eigenvalue weighted by Gasteiger charge is 2.32. The van der Waals surface area contributed by atoms with Crippen molar-refractivity contribution in [2.45, 2.75) is 19.8 Å². The third-order valence-electron chi connectivity index (χ3n) is 1.94. The molecule has 0 atom stereocenters. The fourth-order valence-electron chi connectivity index (χ4n) is 1.23. The topological polar surface area (TPSA) is 65.2 Å². The molecule has 0 spiro atoms. The van der Waals surface area contributed by atoms with Crippen LogP contribution in [0.4, 0.5) is 13.2 Å². The van der Waals surface area contributed by atoms with Crippen LogP contribution < -0.4 is 10.5 Å². The number of alkyl halides is 3. The number of hydrogen-bond donors (Lipinski definition) is 1. The van der Waals surface area contributed by atoms with Gasteiger partial charge in [-0.3, -0.25) is 9.78 Å². The molecular formula is C9H9F3N2O2. The second kappa shape index (κ2) is 4.48. The van der Waals surface area contributed by atoms with Gasteiger partial charge in [-0.25, -0.2) is 0 Å². The summed E-state index contributed by atoms with van der Waals surface area (Å²) in [6.45, 7) is 1.27. The molecule has 0 saturated heterocycles. The van der Waals surface area contributed by atoms with Gasteiger partial charge in [-0.2, -0.15) is 0 Å². The quantitative estimate of drug-likeness (QED) is 0.806. The molecule has 1 aromatic rings. The maximum absolute atomic E-state index is 12.0. The van der Waals surface area contributed by atoms with E-state index in [1.807, 2.05) is 0 Å². The summed E-state index contributed by atoms with van der Waals surface area (Å²) in [5, 5.41) is 0. The number of rotatable bonds is 3. The molecule has 0 aliphatic carbocycles. The zero-order chi connectivity index (χ0) is 12.3. The second-order valence-corrected chi connectivity index (χ2v) is 2.97. The third kappa shape index (κ3) is 2.69. The first kappa shape index (κ1) is 12.4. The summed E-state index contributed by atoms with van der Waals surface area (Å²) < 4.78 is 39.8. The Balaban J connectivity index is 3.25. The largest absolute Gasteiger partial charge is 0.573 e.